The number of hydrogen-bond acceptors (Lipinski definition) is 9. The molecule has 1 atom stereocenters. The predicted molar refractivity (Wildman–Crippen MR) is 147 cm³/mol. The normalized spacial score (nSPS) is 18.7. The van der Waals surface area contributed by atoms with Crippen LogP contribution in [0.2, 0.25) is 0 Å². The minimum absolute atomic E-state index is 0.0102. The van der Waals surface area contributed by atoms with Crippen LogP contribution in [-0.4, -0.2) is 84.9 Å². The number of amides is 2. The van der Waals surface area contributed by atoms with E-state index < -0.39 is 11.9 Å². The van der Waals surface area contributed by atoms with E-state index in [0.29, 0.717) is 60.9 Å². The molecule has 1 aromatic heterocycles. The Balaban J connectivity index is 1.32. The third kappa shape index (κ3) is 4.96. The van der Waals surface area contributed by atoms with E-state index in [1.807, 2.05) is 30.3 Å². The van der Waals surface area contributed by atoms with Crippen LogP contribution in [0.15, 0.2) is 59.7 Å². The number of nitrogens with zero attached hydrogens (tertiary/aromatic N) is 5. The number of rotatable bonds is 6. The molecule has 6 rings (SSSR count). The van der Waals surface area contributed by atoms with Gasteiger partial charge in [-0.05, 0) is 23.3 Å². The largest absolute Gasteiger partial charge is 0.465 e. The van der Waals surface area contributed by atoms with Crippen molar-refractivity contribution in [2.75, 3.05) is 56.7 Å². The zero-order chi connectivity index (χ0) is 27.6. The summed E-state index contributed by atoms with van der Waals surface area (Å²) >= 11 is 0. The van der Waals surface area contributed by atoms with Gasteiger partial charge in [-0.2, -0.15) is 0 Å². The average Bonchev–Trinajstić information content (AvgIpc) is 3.56. The van der Waals surface area contributed by atoms with Crippen LogP contribution in [-0.2, 0) is 25.5 Å². The molecule has 1 fully saturated rings. The summed E-state index contributed by atoms with van der Waals surface area (Å²) in [5, 5.41) is 2.87. The number of hydrogen-bond donors (Lipinski definition) is 1. The Hall–Kier alpha value is -4.48. The van der Waals surface area contributed by atoms with Crippen molar-refractivity contribution in [1.82, 2.24) is 14.9 Å². The van der Waals surface area contributed by atoms with Crippen molar-refractivity contribution in [2.24, 2.45) is 4.99 Å². The Morgan fingerprint density at radius 3 is 2.67 bits per heavy atom. The molecule has 0 saturated carbocycles. The zero-order valence-corrected chi connectivity index (χ0v) is 22.0. The monoisotopic (exact) mass is 540 g/mol. The minimum Gasteiger partial charge on any atom is -0.465 e. The molecule has 3 aromatic rings. The van der Waals surface area contributed by atoms with Gasteiger partial charge in [0, 0.05) is 31.7 Å². The molecule has 11 nitrogen and oxygen atoms in total. The number of nitrogens with one attached hydrogen (secondary N) is 1. The molecular formula is C29H28N6O5. The first-order valence-electron chi connectivity index (χ1n) is 13.2. The van der Waals surface area contributed by atoms with Crippen molar-refractivity contribution in [2.45, 2.75) is 12.3 Å². The lowest BCUT2D eigenvalue weighted by Crippen LogP contribution is -2.44. The Labute approximate surface area is 230 Å². The standard InChI is InChI=1S/C29H28N6O5/c1-39-28(38)19-7-8-20-22(15-19)31-27(37)25(20)26(18-5-3-2-4-6-18)33-29-30-16-23-21(32-29)9-10-35(23)24(36)17-34-11-13-40-14-12-34/h2-8,15-16,25H,9-14,17H2,1H3,(H,31,37). The maximum Gasteiger partial charge on any atom is 0.337 e. The van der Waals surface area contributed by atoms with E-state index in [0.717, 1.165) is 24.3 Å². The molecular weight excluding hydrogens is 512 g/mol. The molecule has 0 radical (unpaired) electrons. The van der Waals surface area contributed by atoms with Gasteiger partial charge in [0.25, 0.3) is 0 Å². The van der Waals surface area contributed by atoms with Gasteiger partial charge in [0.2, 0.25) is 17.8 Å². The summed E-state index contributed by atoms with van der Waals surface area (Å²) in [4.78, 5) is 56.1. The first-order chi connectivity index (χ1) is 19.5. The second-order valence-corrected chi connectivity index (χ2v) is 9.76. The fraction of sp³-hybridized carbons (Fsp3) is 0.310. The Kier molecular flexibility index (Phi) is 7.06. The topological polar surface area (TPSA) is 126 Å². The third-order valence-corrected chi connectivity index (χ3v) is 7.33. The minimum atomic E-state index is -0.729. The molecule has 0 spiro atoms. The number of esters is 1. The van der Waals surface area contributed by atoms with Gasteiger partial charge in [-0.3, -0.25) is 14.5 Å². The van der Waals surface area contributed by atoms with Crippen LogP contribution in [0.4, 0.5) is 17.3 Å². The van der Waals surface area contributed by atoms with Gasteiger partial charge in [0.05, 0.1) is 55.7 Å². The van der Waals surface area contributed by atoms with Crippen LogP contribution < -0.4 is 10.2 Å². The number of aromatic nitrogens is 2. The van der Waals surface area contributed by atoms with E-state index >= 15 is 0 Å². The number of aliphatic imine (C=N–C) groups is 1. The number of benzene rings is 2. The lowest BCUT2D eigenvalue weighted by Gasteiger charge is -2.28. The van der Waals surface area contributed by atoms with Crippen molar-refractivity contribution in [3.8, 4) is 0 Å². The summed E-state index contributed by atoms with van der Waals surface area (Å²) in [6.07, 6.45) is 2.23. The van der Waals surface area contributed by atoms with Crippen LogP contribution >= 0.6 is 0 Å². The second-order valence-electron chi connectivity index (χ2n) is 9.76. The van der Waals surface area contributed by atoms with Crippen molar-refractivity contribution in [3.63, 3.8) is 0 Å². The summed E-state index contributed by atoms with van der Waals surface area (Å²) < 4.78 is 10.2. The quantitative estimate of drug-likeness (QED) is 0.373. The molecule has 40 heavy (non-hydrogen) atoms. The molecule has 1 N–H and O–H groups in total. The van der Waals surface area contributed by atoms with Crippen LogP contribution in [0.3, 0.4) is 0 Å². The summed E-state index contributed by atoms with van der Waals surface area (Å²) in [5.74, 6) is -1.25. The lowest BCUT2D eigenvalue weighted by atomic mass is 9.90. The fourth-order valence-electron chi connectivity index (χ4n) is 5.29. The molecule has 204 valence electrons. The van der Waals surface area contributed by atoms with Crippen LogP contribution in [0.5, 0.6) is 0 Å². The number of carbonyl (C=O) groups excluding carboxylic acids is 3. The van der Waals surface area contributed by atoms with E-state index in [2.05, 4.69) is 20.2 Å². The van der Waals surface area contributed by atoms with Crippen molar-refractivity contribution in [1.29, 1.82) is 0 Å². The van der Waals surface area contributed by atoms with Crippen molar-refractivity contribution >= 4 is 40.8 Å². The maximum absolute atomic E-state index is 13.3. The lowest BCUT2D eigenvalue weighted by molar-refractivity contribution is -0.120. The third-order valence-electron chi connectivity index (χ3n) is 7.33. The zero-order valence-electron chi connectivity index (χ0n) is 22.0. The van der Waals surface area contributed by atoms with Crippen LogP contribution in [0, 0.1) is 0 Å². The highest BCUT2D eigenvalue weighted by Crippen LogP contribution is 2.37. The fourth-order valence-corrected chi connectivity index (χ4v) is 5.29. The highest BCUT2D eigenvalue weighted by Gasteiger charge is 2.36. The van der Waals surface area contributed by atoms with Gasteiger partial charge in [0.1, 0.15) is 5.92 Å². The van der Waals surface area contributed by atoms with Gasteiger partial charge in [-0.15, -0.1) is 0 Å². The number of methoxy groups -OCH3 is 1. The number of anilines is 2. The number of fused-ring (bicyclic) bond motifs is 2. The van der Waals surface area contributed by atoms with E-state index in [9.17, 15) is 14.4 Å². The highest BCUT2D eigenvalue weighted by molar-refractivity contribution is 6.24. The van der Waals surface area contributed by atoms with Crippen LogP contribution in [0.1, 0.15) is 33.1 Å². The first-order valence-corrected chi connectivity index (χ1v) is 13.2. The smallest absolute Gasteiger partial charge is 0.337 e. The highest BCUT2D eigenvalue weighted by atomic mass is 16.5. The summed E-state index contributed by atoms with van der Waals surface area (Å²) in [6.45, 7) is 3.60. The summed E-state index contributed by atoms with van der Waals surface area (Å²) in [7, 11) is 1.31. The molecule has 3 aliphatic rings. The Bertz CT molecular complexity index is 1500. The molecule has 2 aromatic carbocycles. The molecule has 0 aliphatic carbocycles. The Morgan fingerprint density at radius 2 is 1.90 bits per heavy atom. The number of morpholine rings is 1. The predicted octanol–water partition coefficient (Wildman–Crippen LogP) is 2.34. The summed E-state index contributed by atoms with van der Waals surface area (Å²) in [6, 6.07) is 14.4. The van der Waals surface area contributed by atoms with E-state index in [1.54, 1.807) is 29.3 Å². The summed E-state index contributed by atoms with van der Waals surface area (Å²) in [5.41, 5.74) is 4.25. The molecule has 11 heteroatoms. The van der Waals surface area contributed by atoms with Crippen molar-refractivity contribution < 1.29 is 23.9 Å². The molecule has 1 saturated heterocycles. The van der Waals surface area contributed by atoms with Crippen LogP contribution in [0.25, 0.3) is 0 Å². The maximum atomic E-state index is 13.3. The molecule has 4 heterocycles. The van der Waals surface area contributed by atoms with Gasteiger partial charge in [-0.25, -0.2) is 19.8 Å². The van der Waals surface area contributed by atoms with E-state index in [4.69, 9.17) is 14.5 Å². The van der Waals surface area contributed by atoms with Gasteiger partial charge < -0.3 is 19.7 Å². The van der Waals surface area contributed by atoms with Gasteiger partial charge in [0.15, 0.2) is 0 Å². The second kappa shape index (κ2) is 10.9. The first kappa shape index (κ1) is 25.8. The van der Waals surface area contributed by atoms with E-state index in [1.165, 1.54) is 7.11 Å². The average molecular weight is 541 g/mol. The van der Waals surface area contributed by atoms with Gasteiger partial charge >= 0.3 is 5.97 Å². The molecule has 0 bridgehead atoms. The molecule has 2 amide bonds. The Morgan fingerprint density at radius 1 is 1.10 bits per heavy atom. The SMILES string of the molecule is COC(=O)c1ccc2c(c1)NC(=O)C2C(=Nc1ncc2c(n1)CCN2C(=O)CN1CCOCC1)c1ccccc1. The molecule has 3 aliphatic heterocycles. The molecule has 1 unspecified atom stereocenters. The van der Waals surface area contributed by atoms with E-state index in [-0.39, 0.29) is 17.8 Å². The van der Waals surface area contributed by atoms with Crippen molar-refractivity contribution in [3.05, 3.63) is 77.1 Å². The number of carbonyl (C=O) groups is 3. The number of ether oxygens (including phenoxy) is 2. The van der Waals surface area contributed by atoms with Gasteiger partial charge in [-0.1, -0.05) is 36.4 Å².